The second kappa shape index (κ2) is 4.06. The number of ether oxygens (including phenoxy) is 1. The largest absolute Gasteiger partial charge is 0.497 e. The van der Waals surface area contributed by atoms with Crippen molar-refractivity contribution >= 4 is 5.97 Å². The Kier molecular flexibility index (Phi) is 2.86. The van der Waals surface area contributed by atoms with E-state index in [4.69, 9.17) is 9.84 Å². The van der Waals surface area contributed by atoms with Crippen LogP contribution in [0.2, 0.25) is 0 Å². The molecule has 0 aromatic heterocycles. The maximum absolute atomic E-state index is 10.8. The van der Waals surface area contributed by atoms with Gasteiger partial charge in [-0.2, -0.15) is 0 Å². The van der Waals surface area contributed by atoms with Crippen molar-refractivity contribution in [1.82, 2.24) is 0 Å². The first-order chi connectivity index (χ1) is 7.96. The van der Waals surface area contributed by atoms with Gasteiger partial charge in [0.2, 0.25) is 0 Å². The van der Waals surface area contributed by atoms with Gasteiger partial charge in [0, 0.05) is 6.42 Å². The normalized spacial score (nSPS) is 25.4. The molecule has 0 bridgehead atoms. The molecule has 2 atom stereocenters. The smallest absolute Gasteiger partial charge is 0.303 e. The first-order valence-corrected chi connectivity index (χ1v) is 5.82. The molecule has 3 nitrogen and oxygen atoms in total. The lowest BCUT2D eigenvalue weighted by molar-refractivity contribution is -0.137. The molecule has 1 aliphatic carbocycles. The summed E-state index contributed by atoms with van der Waals surface area (Å²) in [5, 5.41) is 8.88. The lowest BCUT2D eigenvalue weighted by Crippen LogP contribution is -1.99. The number of rotatable bonds is 4. The zero-order chi connectivity index (χ0) is 12.6. The number of methoxy groups -OCH3 is 1. The molecule has 0 heterocycles. The van der Waals surface area contributed by atoms with E-state index in [9.17, 15) is 4.79 Å². The second-order valence-corrected chi connectivity index (χ2v) is 5.28. The van der Waals surface area contributed by atoms with Crippen molar-refractivity contribution < 1.29 is 14.6 Å². The van der Waals surface area contributed by atoms with Crippen LogP contribution in [-0.4, -0.2) is 18.2 Å². The molecular formula is C14H18O3. The molecule has 0 radical (unpaired) electrons. The second-order valence-electron chi connectivity index (χ2n) is 5.28. The molecule has 0 aliphatic heterocycles. The number of carboxylic acid groups (broad SMARTS) is 1. The van der Waals surface area contributed by atoms with Crippen LogP contribution in [0.5, 0.6) is 5.75 Å². The highest BCUT2D eigenvalue weighted by Crippen LogP contribution is 2.65. The van der Waals surface area contributed by atoms with Gasteiger partial charge in [-0.25, -0.2) is 0 Å². The minimum Gasteiger partial charge on any atom is -0.497 e. The number of aliphatic carboxylic acids is 1. The number of hydrogen-bond acceptors (Lipinski definition) is 2. The Morgan fingerprint density at radius 2 is 1.94 bits per heavy atom. The zero-order valence-electron chi connectivity index (χ0n) is 10.4. The minimum atomic E-state index is -0.709. The third kappa shape index (κ3) is 2.14. The van der Waals surface area contributed by atoms with Crippen molar-refractivity contribution in [3.63, 3.8) is 0 Å². The monoisotopic (exact) mass is 234 g/mol. The predicted molar refractivity (Wildman–Crippen MR) is 65.3 cm³/mol. The van der Waals surface area contributed by atoms with Crippen LogP contribution >= 0.6 is 0 Å². The summed E-state index contributed by atoms with van der Waals surface area (Å²) in [5.41, 5.74) is 1.30. The fraction of sp³-hybridized carbons (Fsp3) is 0.500. The van der Waals surface area contributed by atoms with Crippen molar-refractivity contribution in [3.8, 4) is 5.75 Å². The third-order valence-electron chi connectivity index (χ3n) is 3.92. The summed E-state index contributed by atoms with van der Waals surface area (Å²) >= 11 is 0. The standard InChI is InChI=1S/C14H18O3/c1-14(2)11(8-12(15)16)13(14)9-4-6-10(17-3)7-5-9/h4-7,11,13H,8H2,1-3H3,(H,15,16)/t11-,13+/m0/s1. The third-order valence-corrected chi connectivity index (χ3v) is 3.92. The fourth-order valence-electron chi connectivity index (χ4n) is 2.79. The first kappa shape index (κ1) is 12.0. The molecule has 2 rings (SSSR count). The van der Waals surface area contributed by atoms with E-state index in [1.54, 1.807) is 7.11 Å². The van der Waals surface area contributed by atoms with Gasteiger partial charge >= 0.3 is 5.97 Å². The van der Waals surface area contributed by atoms with Crippen molar-refractivity contribution in [1.29, 1.82) is 0 Å². The maximum Gasteiger partial charge on any atom is 0.303 e. The molecule has 1 N–H and O–H groups in total. The van der Waals surface area contributed by atoms with Crippen LogP contribution < -0.4 is 4.74 Å². The zero-order valence-corrected chi connectivity index (χ0v) is 10.4. The van der Waals surface area contributed by atoms with Crippen molar-refractivity contribution in [2.45, 2.75) is 26.2 Å². The van der Waals surface area contributed by atoms with E-state index < -0.39 is 5.97 Å². The molecule has 0 saturated heterocycles. The van der Waals surface area contributed by atoms with Gasteiger partial charge in [0.05, 0.1) is 7.11 Å². The highest BCUT2D eigenvalue weighted by atomic mass is 16.5. The Morgan fingerprint density at radius 1 is 1.35 bits per heavy atom. The summed E-state index contributed by atoms with van der Waals surface area (Å²) in [4.78, 5) is 10.8. The van der Waals surface area contributed by atoms with Crippen LogP contribution in [0.1, 0.15) is 31.7 Å². The highest BCUT2D eigenvalue weighted by Gasteiger charge is 2.58. The number of carbonyl (C=O) groups is 1. The molecule has 0 amide bonds. The van der Waals surface area contributed by atoms with Gasteiger partial charge in [-0.3, -0.25) is 4.79 Å². The molecule has 0 spiro atoms. The summed E-state index contributed by atoms with van der Waals surface area (Å²) in [6.45, 7) is 4.27. The summed E-state index contributed by atoms with van der Waals surface area (Å²) in [7, 11) is 1.64. The quantitative estimate of drug-likeness (QED) is 0.871. The fourth-order valence-corrected chi connectivity index (χ4v) is 2.79. The molecule has 1 saturated carbocycles. The minimum absolute atomic E-state index is 0.0903. The van der Waals surface area contributed by atoms with E-state index in [1.807, 2.05) is 24.3 Å². The average molecular weight is 234 g/mol. The number of benzene rings is 1. The molecule has 1 aromatic rings. The summed E-state index contributed by atoms with van der Waals surface area (Å²) in [6.07, 6.45) is 0.254. The molecule has 92 valence electrons. The predicted octanol–water partition coefficient (Wildman–Crippen LogP) is 2.91. The van der Waals surface area contributed by atoms with E-state index in [0.717, 1.165) is 5.75 Å². The van der Waals surface area contributed by atoms with Crippen LogP contribution in [0.25, 0.3) is 0 Å². The Labute approximate surface area is 101 Å². The molecule has 1 fully saturated rings. The van der Waals surface area contributed by atoms with Gasteiger partial charge in [0.1, 0.15) is 5.75 Å². The topological polar surface area (TPSA) is 46.5 Å². The number of carboxylic acids is 1. The van der Waals surface area contributed by atoms with E-state index in [1.165, 1.54) is 5.56 Å². The van der Waals surface area contributed by atoms with Crippen LogP contribution in [0.15, 0.2) is 24.3 Å². The average Bonchev–Trinajstić information content (AvgIpc) is 2.80. The Balaban J connectivity index is 2.15. The molecule has 0 unspecified atom stereocenters. The summed E-state index contributed by atoms with van der Waals surface area (Å²) in [5.74, 6) is 0.721. The van der Waals surface area contributed by atoms with Gasteiger partial charge in [-0.15, -0.1) is 0 Å². The lowest BCUT2D eigenvalue weighted by Gasteiger charge is -2.04. The van der Waals surface area contributed by atoms with Crippen LogP contribution in [0.3, 0.4) is 0 Å². The molecule has 3 heteroatoms. The molecule has 1 aliphatic rings. The van der Waals surface area contributed by atoms with Gasteiger partial charge in [-0.1, -0.05) is 26.0 Å². The van der Waals surface area contributed by atoms with Crippen molar-refractivity contribution in [3.05, 3.63) is 29.8 Å². The highest BCUT2D eigenvalue weighted by molar-refractivity contribution is 5.68. The molecular weight excluding hydrogens is 216 g/mol. The Bertz CT molecular complexity index is 420. The van der Waals surface area contributed by atoms with Crippen LogP contribution in [-0.2, 0) is 4.79 Å². The Hall–Kier alpha value is -1.51. The van der Waals surface area contributed by atoms with Crippen molar-refractivity contribution in [2.24, 2.45) is 11.3 Å². The van der Waals surface area contributed by atoms with E-state index in [2.05, 4.69) is 13.8 Å². The van der Waals surface area contributed by atoms with Gasteiger partial charge in [0.15, 0.2) is 0 Å². The van der Waals surface area contributed by atoms with E-state index in [0.29, 0.717) is 5.92 Å². The number of hydrogen-bond donors (Lipinski definition) is 1. The van der Waals surface area contributed by atoms with Gasteiger partial charge in [0.25, 0.3) is 0 Å². The molecule has 1 aromatic carbocycles. The molecule has 17 heavy (non-hydrogen) atoms. The van der Waals surface area contributed by atoms with Gasteiger partial charge in [-0.05, 0) is 34.9 Å². The van der Waals surface area contributed by atoms with Gasteiger partial charge < -0.3 is 9.84 Å². The van der Waals surface area contributed by atoms with E-state index >= 15 is 0 Å². The first-order valence-electron chi connectivity index (χ1n) is 5.82. The van der Waals surface area contributed by atoms with Crippen LogP contribution in [0.4, 0.5) is 0 Å². The summed E-state index contributed by atoms with van der Waals surface area (Å²) in [6, 6.07) is 7.93. The SMILES string of the molecule is COc1ccc([C@@H]2[C@H](CC(=O)O)C2(C)C)cc1. The lowest BCUT2D eigenvalue weighted by atomic mass is 10.0. The maximum atomic E-state index is 10.8. The Morgan fingerprint density at radius 3 is 2.41 bits per heavy atom. The van der Waals surface area contributed by atoms with Crippen molar-refractivity contribution in [2.75, 3.05) is 7.11 Å². The van der Waals surface area contributed by atoms with Crippen LogP contribution in [0, 0.1) is 11.3 Å². The van der Waals surface area contributed by atoms with E-state index in [-0.39, 0.29) is 17.8 Å². The summed E-state index contributed by atoms with van der Waals surface area (Å²) < 4.78 is 5.12.